The minimum atomic E-state index is -0.425. The van der Waals surface area contributed by atoms with Gasteiger partial charge in [-0.3, -0.25) is 9.59 Å². The van der Waals surface area contributed by atoms with Crippen LogP contribution in [-0.4, -0.2) is 41.4 Å². The van der Waals surface area contributed by atoms with Gasteiger partial charge in [0.05, 0.1) is 0 Å². The van der Waals surface area contributed by atoms with E-state index in [2.05, 4.69) is 24.1 Å². The van der Waals surface area contributed by atoms with Crippen molar-refractivity contribution in [2.45, 2.75) is 70.2 Å². The van der Waals surface area contributed by atoms with Crippen LogP contribution in [0.15, 0.2) is 30.5 Å². The van der Waals surface area contributed by atoms with Gasteiger partial charge in [-0.2, -0.15) is 0 Å². The number of hydrogen-bond acceptors (Lipinski definition) is 4. The number of nitrogens with one attached hydrogen (secondary N) is 2. The number of rotatable bonds is 5. The number of piperidine rings is 1. The Kier molecular flexibility index (Phi) is 5.40. The van der Waals surface area contributed by atoms with E-state index in [0.717, 1.165) is 36.4 Å². The molecule has 4 rings (SSSR count). The van der Waals surface area contributed by atoms with E-state index in [1.165, 1.54) is 12.8 Å². The maximum absolute atomic E-state index is 12.8. The van der Waals surface area contributed by atoms with Crippen LogP contribution in [0.4, 0.5) is 0 Å². The van der Waals surface area contributed by atoms with Crippen LogP contribution < -0.4 is 15.4 Å². The van der Waals surface area contributed by atoms with Gasteiger partial charge in [-0.1, -0.05) is 19.9 Å². The van der Waals surface area contributed by atoms with Gasteiger partial charge in [0.25, 0.3) is 5.91 Å². The molecule has 1 saturated heterocycles. The molecule has 6 nitrogen and oxygen atoms in total. The fourth-order valence-electron chi connectivity index (χ4n) is 4.61. The topological polar surface area (TPSA) is 70.7 Å². The van der Waals surface area contributed by atoms with Crippen LogP contribution in [0.5, 0.6) is 5.75 Å². The monoisotopic (exact) mass is 383 g/mol. The van der Waals surface area contributed by atoms with E-state index in [-0.39, 0.29) is 17.9 Å². The Morgan fingerprint density at radius 1 is 1.25 bits per heavy atom. The zero-order chi connectivity index (χ0) is 19.7. The van der Waals surface area contributed by atoms with Gasteiger partial charge in [0.2, 0.25) is 5.91 Å². The van der Waals surface area contributed by atoms with Gasteiger partial charge in [-0.05, 0) is 62.4 Å². The van der Waals surface area contributed by atoms with Gasteiger partial charge >= 0.3 is 0 Å². The van der Waals surface area contributed by atoms with Crippen molar-refractivity contribution in [2.75, 3.05) is 6.54 Å². The molecule has 2 heterocycles. The van der Waals surface area contributed by atoms with Crippen molar-refractivity contribution in [3.63, 3.8) is 0 Å². The van der Waals surface area contributed by atoms with Crippen molar-refractivity contribution >= 4 is 11.8 Å². The van der Waals surface area contributed by atoms with Gasteiger partial charge in [0.15, 0.2) is 0 Å². The fraction of sp³-hybridized carbons (Fsp3) is 0.545. The maximum Gasteiger partial charge on any atom is 0.255 e. The van der Waals surface area contributed by atoms with Crippen molar-refractivity contribution < 1.29 is 14.3 Å². The molecular weight excluding hydrogens is 354 g/mol. The average molecular weight is 383 g/mol. The molecule has 3 atom stereocenters. The van der Waals surface area contributed by atoms with Gasteiger partial charge < -0.3 is 20.3 Å². The van der Waals surface area contributed by atoms with Crippen molar-refractivity contribution in [1.82, 2.24) is 15.5 Å². The maximum atomic E-state index is 12.8. The quantitative estimate of drug-likeness (QED) is 0.820. The molecular formula is C22H29N3O3. The second-order valence-electron chi connectivity index (χ2n) is 8.00. The molecule has 150 valence electrons. The van der Waals surface area contributed by atoms with Crippen LogP contribution in [0.3, 0.4) is 0 Å². The number of amides is 2. The van der Waals surface area contributed by atoms with Gasteiger partial charge in [0, 0.05) is 23.8 Å². The molecule has 0 bridgehead atoms. The first-order chi connectivity index (χ1) is 13.6. The van der Waals surface area contributed by atoms with Gasteiger partial charge in [-0.25, -0.2) is 0 Å². The highest BCUT2D eigenvalue weighted by atomic mass is 16.5. The highest BCUT2D eigenvalue weighted by Gasteiger charge is 2.38. The molecule has 2 N–H and O–H groups in total. The van der Waals surface area contributed by atoms with E-state index in [0.29, 0.717) is 31.0 Å². The Balaban J connectivity index is 1.48. The van der Waals surface area contributed by atoms with E-state index >= 15 is 0 Å². The van der Waals surface area contributed by atoms with Gasteiger partial charge in [-0.15, -0.1) is 0 Å². The Morgan fingerprint density at radius 2 is 2.07 bits per heavy atom. The predicted molar refractivity (Wildman–Crippen MR) is 107 cm³/mol. The first kappa shape index (κ1) is 19.0. The summed E-state index contributed by atoms with van der Waals surface area (Å²) in [6.45, 7) is 7.33. The summed E-state index contributed by atoms with van der Waals surface area (Å²) in [5.74, 6) is 0.603. The molecule has 0 radical (unpaired) electrons. The summed E-state index contributed by atoms with van der Waals surface area (Å²) >= 11 is 0. The first-order valence-electron chi connectivity index (χ1n) is 10.4. The van der Waals surface area contributed by atoms with Crippen molar-refractivity contribution in [3.05, 3.63) is 41.6 Å². The third-order valence-electron chi connectivity index (χ3n) is 6.06. The average Bonchev–Trinajstić information content (AvgIpc) is 2.99. The van der Waals surface area contributed by atoms with Crippen LogP contribution in [0.1, 0.15) is 61.4 Å². The second kappa shape index (κ2) is 7.95. The Hall–Kier alpha value is -2.34. The van der Waals surface area contributed by atoms with E-state index in [1.807, 2.05) is 18.2 Å². The molecule has 0 aromatic heterocycles. The summed E-state index contributed by atoms with van der Waals surface area (Å²) in [4.78, 5) is 26.8. The first-order valence-corrected chi connectivity index (χ1v) is 10.4. The van der Waals surface area contributed by atoms with E-state index in [9.17, 15) is 9.59 Å². The Bertz CT molecular complexity index is 789. The molecule has 1 aromatic rings. The SMILES string of the molecule is C=C1CCC(N2Cc3cc(O[C@H]4CCCC[C@H]4NCC)ccc3C2=O)C(=O)N1. The minimum Gasteiger partial charge on any atom is -0.489 e. The van der Waals surface area contributed by atoms with Crippen molar-refractivity contribution in [1.29, 1.82) is 0 Å². The number of ether oxygens (including phenoxy) is 1. The van der Waals surface area contributed by atoms with E-state index in [1.54, 1.807) is 4.90 Å². The number of benzene rings is 1. The highest BCUT2D eigenvalue weighted by Crippen LogP contribution is 2.32. The number of nitrogens with zero attached hydrogens (tertiary/aromatic N) is 1. The van der Waals surface area contributed by atoms with E-state index in [4.69, 9.17) is 4.74 Å². The fourth-order valence-corrected chi connectivity index (χ4v) is 4.61. The number of carbonyl (C=O) groups is 2. The normalized spacial score (nSPS) is 27.5. The predicted octanol–water partition coefficient (Wildman–Crippen LogP) is 2.73. The summed E-state index contributed by atoms with van der Waals surface area (Å²) in [6.07, 6.45) is 6.10. The summed E-state index contributed by atoms with van der Waals surface area (Å²) in [6, 6.07) is 5.67. The molecule has 1 unspecified atom stereocenters. The van der Waals surface area contributed by atoms with Crippen molar-refractivity contribution in [3.8, 4) is 5.75 Å². The molecule has 2 amide bonds. The third-order valence-corrected chi connectivity index (χ3v) is 6.06. The van der Waals surface area contributed by atoms with E-state index < -0.39 is 6.04 Å². The number of carbonyl (C=O) groups excluding carboxylic acids is 2. The zero-order valence-corrected chi connectivity index (χ0v) is 16.5. The number of allylic oxidation sites excluding steroid dienone is 1. The van der Waals surface area contributed by atoms with Crippen LogP contribution in [0.2, 0.25) is 0 Å². The molecule has 0 spiro atoms. The highest BCUT2D eigenvalue weighted by molar-refractivity contribution is 6.01. The number of hydrogen-bond donors (Lipinski definition) is 2. The lowest BCUT2D eigenvalue weighted by Crippen LogP contribution is -2.49. The summed E-state index contributed by atoms with van der Waals surface area (Å²) < 4.78 is 6.31. The molecule has 1 aliphatic carbocycles. The lowest BCUT2D eigenvalue weighted by atomic mass is 9.92. The lowest BCUT2D eigenvalue weighted by Gasteiger charge is -2.32. The van der Waals surface area contributed by atoms with Crippen LogP contribution >= 0.6 is 0 Å². The van der Waals surface area contributed by atoms with Crippen LogP contribution in [0.25, 0.3) is 0 Å². The standard InChI is InChI=1S/C22H29N3O3/c1-3-23-18-6-4-5-7-20(18)28-16-9-10-17-15(12-16)13-25(22(17)27)19-11-8-14(2)24-21(19)26/h9-10,12,18-20,23H,2-8,11,13H2,1H3,(H,24,26)/t18-,19?,20+/m1/s1. The van der Waals surface area contributed by atoms with Gasteiger partial charge in [0.1, 0.15) is 17.9 Å². The summed E-state index contributed by atoms with van der Waals surface area (Å²) in [5, 5.41) is 6.31. The van der Waals surface area contributed by atoms with Crippen molar-refractivity contribution in [2.24, 2.45) is 0 Å². The summed E-state index contributed by atoms with van der Waals surface area (Å²) in [7, 11) is 0. The zero-order valence-electron chi connectivity index (χ0n) is 16.5. The Morgan fingerprint density at radius 3 is 2.86 bits per heavy atom. The summed E-state index contributed by atoms with van der Waals surface area (Å²) in [5.41, 5.74) is 2.34. The molecule has 28 heavy (non-hydrogen) atoms. The molecule has 2 fully saturated rings. The molecule has 6 heteroatoms. The van der Waals surface area contributed by atoms with Crippen LogP contribution in [0, 0.1) is 0 Å². The minimum absolute atomic E-state index is 0.0718. The third kappa shape index (κ3) is 3.65. The molecule has 1 aromatic carbocycles. The lowest BCUT2D eigenvalue weighted by molar-refractivity contribution is -0.126. The largest absolute Gasteiger partial charge is 0.489 e. The Labute approximate surface area is 166 Å². The molecule has 1 saturated carbocycles. The molecule has 3 aliphatic rings. The number of likely N-dealkylation sites (N-methyl/N-ethyl adjacent to an activating group) is 1. The van der Waals surface area contributed by atoms with Crippen LogP contribution in [-0.2, 0) is 11.3 Å². The molecule has 2 aliphatic heterocycles. The number of fused-ring (bicyclic) bond motifs is 1. The second-order valence-corrected chi connectivity index (χ2v) is 8.00. The smallest absolute Gasteiger partial charge is 0.255 e.